The number of hydrogen-bond donors (Lipinski definition) is 1. The third-order valence-corrected chi connectivity index (χ3v) is 4.53. The first-order chi connectivity index (χ1) is 9.74. The van der Waals surface area contributed by atoms with Gasteiger partial charge in [0.25, 0.3) is 0 Å². The fraction of sp³-hybridized carbons (Fsp3) is 0.706. The van der Waals surface area contributed by atoms with Gasteiger partial charge in [0.2, 0.25) is 0 Å². The lowest BCUT2D eigenvalue weighted by molar-refractivity contribution is 0.459. The van der Waals surface area contributed by atoms with Crippen molar-refractivity contribution in [2.45, 2.75) is 52.5 Å². The van der Waals surface area contributed by atoms with Crippen LogP contribution in [0.1, 0.15) is 58.1 Å². The summed E-state index contributed by atoms with van der Waals surface area (Å²) in [5, 5.41) is 3.43. The van der Waals surface area contributed by atoms with Crippen LogP contribution in [0.15, 0.2) is 18.3 Å². The maximum atomic E-state index is 4.68. The number of pyridine rings is 1. The molecule has 112 valence electrons. The van der Waals surface area contributed by atoms with E-state index in [2.05, 4.69) is 48.1 Å². The molecule has 0 saturated carbocycles. The van der Waals surface area contributed by atoms with E-state index in [-0.39, 0.29) is 0 Å². The van der Waals surface area contributed by atoms with Crippen LogP contribution < -0.4 is 10.2 Å². The number of anilines is 1. The Morgan fingerprint density at radius 1 is 1.30 bits per heavy atom. The minimum atomic E-state index is 0.384. The molecular formula is C17H29N3. The van der Waals surface area contributed by atoms with Gasteiger partial charge in [0.15, 0.2) is 0 Å². The molecule has 0 spiro atoms. The lowest BCUT2D eigenvalue weighted by Crippen LogP contribution is -2.25. The Morgan fingerprint density at radius 3 is 2.80 bits per heavy atom. The molecule has 3 nitrogen and oxygen atoms in total. The second-order valence-corrected chi connectivity index (χ2v) is 5.92. The number of aromatic nitrogens is 1. The monoisotopic (exact) mass is 275 g/mol. The first-order valence-electron chi connectivity index (χ1n) is 8.18. The average molecular weight is 275 g/mol. The minimum Gasteiger partial charge on any atom is -0.357 e. The van der Waals surface area contributed by atoms with Crippen molar-refractivity contribution in [3.8, 4) is 0 Å². The van der Waals surface area contributed by atoms with Crippen molar-refractivity contribution in [2.24, 2.45) is 5.92 Å². The van der Waals surface area contributed by atoms with Crippen LogP contribution in [0.3, 0.4) is 0 Å². The van der Waals surface area contributed by atoms with Crippen molar-refractivity contribution in [1.29, 1.82) is 0 Å². The molecule has 20 heavy (non-hydrogen) atoms. The third-order valence-electron chi connectivity index (χ3n) is 4.53. The fourth-order valence-electron chi connectivity index (χ4n) is 3.07. The van der Waals surface area contributed by atoms with E-state index in [0.29, 0.717) is 6.04 Å². The maximum absolute atomic E-state index is 4.68. The van der Waals surface area contributed by atoms with Gasteiger partial charge in [-0.25, -0.2) is 4.98 Å². The van der Waals surface area contributed by atoms with Gasteiger partial charge in [0.1, 0.15) is 5.82 Å². The molecule has 1 aliphatic heterocycles. The van der Waals surface area contributed by atoms with Gasteiger partial charge in [0.05, 0.1) is 0 Å². The first kappa shape index (κ1) is 15.3. The van der Waals surface area contributed by atoms with Crippen molar-refractivity contribution in [3.05, 3.63) is 23.9 Å². The van der Waals surface area contributed by atoms with Crippen LogP contribution in [0, 0.1) is 5.92 Å². The van der Waals surface area contributed by atoms with E-state index in [9.17, 15) is 0 Å². The van der Waals surface area contributed by atoms with E-state index in [4.69, 9.17) is 0 Å². The average Bonchev–Trinajstić information content (AvgIpc) is 2.73. The van der Waals surface area contributed by atoms with Crippen LogP contribution in [0.4, 0.5) is 5.82 Å². The van der Waals surface area contributed by atoms with Crippen molar-refractivity contribution >= 4 is 5.82 Å². The molecule has 0 aliphatic carbocycles. The summed E-state index contributed by atoms with van der Waals surface area (Å²) in [7, 11) is 0. The number of hydrogen-bond acceptors (Lipinski definition) is 3. The molecule has 1 aromatic heterocycles. The van der Waals surface area contributed by atoms with Crippen LogP contribution in [0.2, 0.25) is 0 Å². The highest BCUT2D eigenvalue weighted by atomic mass is 15.2. The van der Waals surface area contributed by atoms with Crippen LogP contribution in [-0.4, -0.2) is 24.6 Å². The predicted octanol–water partition coefficient (Wildman–Crippen LogP) is 3.77. The highest BCUT2D eigenvalue weighted by Gasteiger charge is 2.16. The molecular weight excluding hydrogens is 246 g/mol. The lowest BCUT2D eigenvalue weighted by atomic mass is 9.98. The van der Waals surface area contributed by atoms with E-state index < -0.39 is 0 Å². The van der Waals surface area contributed by atoms with Gasteiger partial charge in [-0.2, -0.15) is 0 Å². The Labute approximate surface area is 123 Å². The molecule has 3 heteroatoms. The second-order valence-electron chi connectivity index (χ2n) is 5.92. The number of rotatable bonds is 5. The molecule has 2 rings (SSSR count). The molecule has 0 radical (unpaired) electrons. The summed E-state index contributed by atoms with van der Waals surface area (Å²) in [6.45, 7) is 9.96. The quantitative estimate of drug-likeness (QED) is 0.886. The van der Waals surface area contributed by atoms with Gasteiger partial charge < -0.3 is 10.2 Å². The van der Waals surface area contributed by atoms with E-state index in [0.717, 1.165) is 31.4 Å². The van der Waals surface area contributed by atoms with E-state index in [1.165, 1.54) is 31.2 Å². The summed E-state index contributed by atoms with van der Waals surface area (Å²) in [6.07, 6.45) is 7.34. The maximum Gasteiger partial charge on any atom is 0.128 e. The van der Waals surface area contributed by atoms with Crippen molar-refractivity contribution in [1.82, 2.24) is 10.3 Å². The van der Waals surface area contributed by atoms with Gasteiger partial charge in [-0.1, -0.05) is 26.3 Å². The van der Waals surface area contributed by atoms with Crippen molar-refractivity contribution in [3.63, 3.8) is 0 Å². The summed E-state index contributed by atoms with van der Waals surface area (Å²) >= 11 is 0. The molecule has 1 aromatic rings. The largest absolute Gasteiger partial charge is 0.357 e. The Morgan fingerprint density at radius 2 is 2.15 bits per heavy atom. The summed E-state index contributed by atoms with van der Waals surface area (Å²) < 4.78 is 0. The molecule has 0 aromatic carbocycles. The smallest absolute Gasteiger partial charge is 0.128 e. The molecule has 1 saturated heterocycles. The molecule has 2 atom stereocenters. The first-order valence-corrected chi connectivity index (χ1v) is 8.18. The van der Waals surface area contributed by atoms with Crippen molar-refractivity contribution < 1.29 is 0 Å². The van der Waals surface area contributed by atoms with E-state index in [1.807, 2.05) is 6.20 Å². The van der Waals surface area contributed by atoms with Gasteiger partial charge in [-0.3, -0.25) is 0 Å². The summed E-state index contributed by atoms with van der Waals surface area (Å²) in [4.78, 5) is 7.14. The molecule has 1 N–H and O–H groups in total. The molecule has 2 heterocycles. The second kappa shape index (κ2) is 7.63. The standard InChI is InChI=1S/C17H29N3/c1-4-15-7-6-11-20(12-10-15)17-9-8-16(13-19-17)14(3)18-5-2/h8-9,13-15,18H,4-7,10-12H2,1-3H3. The van der Waals surface area contributed by atoms with Gasteiger partial charge in [0, 0.05) is 25.3 Å². The fourth-order valence-corrected chi connectivity index (χ4v) is 3.07. The zero-order valence-corrected chi connectivity index (χ0v) is 13.2. The Hall–Kier alpha value is -1.09. The normalized spacial score (nSPS) is 21.6. The van der Waals surface area contributed by atoms with Gasteiger partial charge in [-0.15, -0.1) is 0 Å². The summed E-state index contributed by atoms with van der Waals surface area (Å²) in [5.74, 6) is 2.06. The molecule has 1 aliphatic rings. The Balaban J connectivity index is 1.98. The highest BCUT2D eigenvalue weighted by molar-refractivity contribution is 5.39. The topological polar surface area (TPSA) is 28.2 Å². The van der Waals surface area contributed by atoms with Crippen LogP contribution >= 0.6 is 0 Å². The highest BCUT2D eigenvalue weighted by Crippen LogP contribution is 2.24. The van der Waals surface area contributed by atoms with Crippen LogP contribution in [0.5, 0.6) is 0 Å². The Bertz CT molecular complexity index is 388. The molecule has 1 fully saturated rings. The number of nitrogens with one attached hydrogen (secondary N) is 1. The van der Waals surface area contributed by atoms with Crippen LogP contribution in [-0.2, 0) is 0 Å². The molecule has 2 unspecified atom stereocenters. The van der Waals surface area contributed by atoms with Crippen molar-refractivity contribution in [2.75, 3.05) is 24.5 Å². The minimum absolute atomic E-state index is 0.384. The molecule has 0 bridgehead atoms. The predicted molar refractivity (Wildman–Crippen MR) is 86.2 cm³/mol. The summed E-state index contributed by atoms with van der Waals surface area (Å²) in [6, 6.07) is 4.79. The van der Waals surface area contributed by atoms with Crippen LogP contribution in [0.25, 0.3) is 0 Å². The third kappa shape index (κ3) is 3.95. The van der Waals surface area contributed by atoms with E-state index in [1.54, 1.807) is 0 Å². The van der Waals surface area contributed by atoms with Gasteiger partial charge in [-0.05, 0) is 50.3 Å². The van der Waals surface area contributed by atoms with E-state index >= 15 is 0 Å². The number of nitrogens with zero attached hydrogens (tertiary/aromatic N) is 2. The lowest BCUT2D eigenvalue weighted by Gasteiger charge is -2.22. The zero-order chi connectivity index (χ0) is 14.4. The molecule has 0 amide bonds. The zero-order valence-electron chi connectivity index (χ0n) is 13.2. The summed E-state index contributed by atoms with van der Waals surface area (Å²) in [5.41, 5.74) is 1.27. The SMILES string of the molecule is CCNC(C)c1ccc(N2CCCC(CC)CC2)nc1. The van der Waals surface area contributed by atoms with Gasteiger partial charge >= 0.3 is 0 Å². The Kier molecular flexibility index (Phi) is 5.84.